The lowest BCUT2D eigenvalue weighted by atomic mass is 10.0. The number of hydrogen-bond acceptors (Lipinski definition) is 6. The van der Waals surface area contributed by atoms with Crippen molar-refractivity contribution < 1.29 is 24.7 Å². The van der Waals surface area contributed by atoms with E-state index < -0.39 is 28.9 Å². The van der Waals surface area contributed by atoms with Crippen molar-refractivity contribution in [3.63, 3.8) is 0 Å². The quantitative estimate of drug-likeness (QED) is 0.0660. The van der Waals surface area contributed by atoms with Crippen molar-refractivity contribution in [1.82, 2.24) is 15.0 Å². The number of rotatable bonds is 7. The maximum Gasteiger partial charge on any atom is 0.320 e. The van der Waals surface area contributed by atoms with Crippen LogP contribution in [0.1, 0.15) is 28.2 Å². The Morgan fingerprint density at radius 1 is 0.750 bits per heavy atom. The molecule has 0 radical (unpaired) electrons. The summed E-state index contributed by atoms with van der Waals surface area (Å²) in [7, 11) is 0. The van der Waals surface area contributed by atoms with Crippen LogP contribution in [0.25, 0.3) is 32.7 Å². The number of nitrogens with zero attached hydrogens (tertiary/aromatic N) is 1. The number of hydrogen-bond donors (Lipinski definition) is 7. The highest BCUT2D eigenvalue weighted by atomic mass is 35.5. The second-order valence-corrected chi connectivity index (χ2v) is 12.5. The van der Waals surface area contributed by atoms with E-state index in [4.69, 9.17) is 56.5 Å². The summed E-state index contributed by atoms with van der Waals surface area (Å²) in [6.07, 6.45) is 0.312. The van der Waals surface area contributed by atoms with Crippen LogP contribution in [0.4, 0.5) is 5.69 Å². The number of benzene rings is 3. The minimum atomic E-state index is -1.16. The standard InChI is InChI=1S/C12H12ClN3O4.C12H13ClN2O2.C9H8ClN/c1-5-7(4-8(14)12(17)18)11-9(15-5)2-6(13)3-10(11)16(19)20;1-6-9(5-10(14)12(16)17)8-3-2-7(13)4-11(8)15-6;1-6-4-7-2-3-8(10)5-9(7)11-6/h2-3,8,15H,4,14H2,1H3,(H,17,18);2-4,10,15H,5,14H2,1H3,(H,16,17);2-5,11H,1H3. The number of aromatic amines is 3. The molecule has 0 bridgehead atoms. The molecule has 2 unspecified atom stereocenters. The van der Waals surface area contributed by atoms with Gasteiger partial charge < -0.3 is 36.6 Å². The molecule has 0 saturated heterocycles. The van der Waals surface area contributed by atoms with Gasteiger partial charge in [-0.05, 0) is 73.7 Å². The van der Waals surface area contributed by atoms with E-state index in [1.165, 1.54) is 17.1 Å². The summed E-state index contributed by atoms with van der Waals surface area (Å²) in [5, 5.41) is 33.0. The second kappa shape index (κ2) is 15.1. The van der Waals surface area contributed by atoms with Gasteiger partial charge in [0.2, 0.25) is 0 Å². The number of aliphatic carboxylic acids is 2. The number of nitro groups is 1. The summed E-state index contributed by atoms with van der Waals surface area (Å²) in [5.74, 6) is -2.15. The number of H-pyrrole nitrogens is 3. The van der Waals surface area contributed by atoms with Crippen LogP contribution >= 0.6 is 34.8 Å². The van der Waals surface area contributed by atoms with E-state index in [9.17, 15) is 19.7 Å². The minimum absolute atomic E-state index is 0.00361. The molecular formula is C33H33Cl3N6O6. The van der Waals surface area contributed by atoms with Gasteiger partial charge >= 0.3 is 11.9 Å². The van der Waals surface area contributed by atoms with Crippen LogP contribution in [0.3, 0.4) is 0 Å². The molecule has 3 heterocycles. The third-order valence-electron chi connectivity index (χ3n) is 7.64. The van der Waals surface area contributed by atoms with Gasteiger partial charge in [0, 0.05) is 67.5 Å². The van der Waals surface area contributed by atoms with Crippen LogP contribution in [0.2, 0.25) is 15.1 Å². The van der Waals surface area contributed by atoms with Gasteiger partial charge in [0.25, 0.3) is 5.69 Å². The zero-order valence-corrected chi connectivity index (χ0v) is 28.3. The molecule has 0 spiro atoms. The molecule has 3 aromatic carbocycles. The molecular weight excluding hydrogens is 683 g/mol. The first-order valence-corrected chi connectivity index (χ1v) is 15.6. The highest BCUT2D eigenvalue weighted by Crippen LogP contribution is 2.34. The highest BCUT2D eigenvalue weighted by Gasteiger charge is 2.24. The topological polar surface area (TPSA) is 217 Å². The number of nitro benzene ring substituents is 1. The van der Waals surface area contributed by atoms with Crippen LogP contribution in [-0.2, 0) is 22.4 Å². The molecule has 0 amide bonds. The highest BCUT2D eigenvalue weighted by molar-refractivity contribution is 6.32. The van der Waals surface area contributed by atoms with Gasteiger partial charge in [-0.2, -0.15) is 0 Å². The first-order chi connectivity index (χ1) is 22.5. The third kappa shape index (κ3) is 8.46. The summed E-state index contributed by atoms with van der Waals surface area (Å²) >= 11 is 17.5. The SMILES string of the molecule is Cc1[nH]c2cc(Cl)cc([N+](=O)[O-])c2c1CC(N)C(=O)O.Cc1[nH]c2cc(Cl)ccc2c1CC(N)C(=O)O.Cc1cc2ccc(Cl)cc2[nH]1. The Labute approximate surface area is 289 Å². The summed E-state index contributed by atoms with van der Waals surface area (Å²) in [6.45, 7) is 5.65. The van der Waals surface area contributed by atoms with E-state index in [1.54, 1.807) is 19.1 Å². The number of nitrogens with one attached hydrogen (secondary N) is 3. The molecule has 6 rings (SSSR count). The van der Waals surface area contributed by atoms with Crippen LogP contribution in [0.5, 0.6) is 0 Å². The average Bonchev–Trinajstić information content (AvgIpc) is 3.63. The molecule has 0 aliphatic carbocycles. The fourth-order valence-electron chi connectivity index (χ4n) is 5.36. The molecule has 2 atom stereocenters. The van der Waals surface area contributed by atoms with E-state index >= 15 is 0 Å². The predicted octanol–water partition coefficient (Wildman–Crippen LogP) is 7.21. The Morgan fingerprint density at radius 2 is 1.27 bits per heavy atom. The maximum atomic E-state index is 11.1. The van der Waals surface area contributed by atoms with Gasteiger partial charge in [0.15, 0.2) is 0 Å². The number of nitrogens with two attached hydrogens (primary N) is 2. The lowest BCUT2D eigenvalue weighted by molar-refractivity contribution is -0.383. The molecule has 9 N–H and O–H groups in total. The molecule has 0 aliphatic rings. The average molecular weight is 716 g/mol. The number of carboxylic acids is 2. The van der Waals surface area contributed by atoms with Crippen molar-refractivity contribution in [2.75, 3.05) is 0 Å². The van der Waals surface area contributed by atoms with Gasteiger partial charge in [-0.15, -0.1) is 0 Å². The van der Waals surface area contributed by atoms with Crippen molar-refractivity contribution in [2.45, 2.75) is 45.7 Å². The van der Waals surface area contributed by atoms with Gasteiger partial charge in [-0.25, -0.2) is 0 Å². The second-order valence-electron chi connectivity index (χ2n) is 11.2. The number of carbonyl (C=O) groups is 2. The Kier molecular flexibility index (Phi) is 11.4. The minimum Gasteiger partial charge on any atom is -0.480 e. The van der Waals surface area contributed by atoms with E-state index in [2.05, 4.69) is 21.0 Å². The Morgan fingerprint density at radius 3 is 1.88 bits per heavy atom. The molecule has 12 nitrogen and oxygen atoms in total. The number of non-ortho nitro benzene ring substituents is 1. The van der Waals surface area contributed by atoms with Crippen molar-refractivity contribution in [1.29, 1.82) is 0 Å². The van der Waals surface area contributed by atoms with Crippen LogP contribution in [0.15, 0.2) is 54.6 Å². The fraction of sp³-hybridized carbons (Fsp3) is 0.212. The molecule has 0 saturated carbocycles. The summed E-state index contributed by atoms with van der Waals surface area (Å²) in [6, 6.07) is 14.2. The van der Waals surface area contributed by atoms with Gasteiger partial charge in [0.1, 0.15) is 12.1 Å². The van der Waals surface area contributed by atoms with Crippen LogP contribution in [0, 0.1) is 30.9 Å². The Hall–Kier alpha value is -4.59. The molecule has 48 heavy (non-hydrogen) atoms. The number of halogens is 3. The Balaban J connectivity index is 0.000000169. The third-order valence-corrected chi connectivity index (χ3v) is 8.33. The van der Waals surface area contributed by atoms with E-state index in [1.807, 2.05) is 44.2 Å². The number of aryl methyl sites for hydroxylation is 3. The van der Waals surface area contributed by atoms with E-state index in [0.29, 0.717) is 33.6 Å². The van der Waals surface area contributed by atoms with Gasteiger partial charge in [-0.1, -0.05) is 46.9 Å². The van der Waals surface area contributed by atoms with E-state index in [0.717, 1.165) is 32.7 Å². The first-order valence-electron chi connectivity index (χ1n) is 14.5. The van der Waals surface area contributed by atoms with Crippen LogP contribution < -0.4 is 11.5 Å². The predicted molar refractivity (Wildman–Crippen MR) is 189 cm³/mol. The Bertz CT molecular complexity index is 2150. The number of carboxylic acid groups (broad SMARTS) is 2. The van der Waals surface area contributed by atoms with E-state index in [-0.39, 0.29) is 17.1 Å². The molecule has 0 fully saturated rings. The summed E-state index contributed by atoms with van der Waals surface area (Å²) in [4.78, 5) is 41.6. The number of aromatic nitrogens is 3. The van der Waals surface area contributed by atoms with Crippen molar-refractivity contribution >= 4 is 85.1 Å². The monoisotopic (exact) mass is 714 g/mol. The summed E-state index contributed by atoms with van der Waals surface area (Å²) < 4.78 is 0. The van der Waals surface area contributed by atoms with Crippen molar-refractivity contribution in [3.05, 3.63) is 108 Å². The fourth-order valence-corrected chi connectivity index (χ4v) is 5.91. The number of fused-ring (bicyclic) bond motifs is 3. The molecule has 3 aromatic heterocycles. The van der Waals surface area contributed by atoms with Crippen molar-refractivity contribution in [3.8, 4) is 0 Å². The van der Waals surface area contributed by atoms with Crippen LogP contribution in [-0.4, -0.2) is 54.1 Å². The zero-order chi connectivity index (χ0) is 35.4. The summed E-state index contributed by atoms with van der Waals surface area (Å²) in [5.41, 5.74) is 17.6. The maximum absolute atomic E-state index is 11.1. The molecule has 252 valence electrons. The molecule has 6 aromatic rings. The largest absolute Gasteiger partial charge is 0.480 e. The molecule has 0 aliphatic heterocycles. The van der Waals surface area contributed by atoms with Crippen molar-refractivity contribution in [2.24, 2.45) is 11.5 Å². The first kappa shape index (κ1) is 36.2. The van der Waals surface area contributed by atoms with Gasteiger partial charge in [0.05, 0.1) is 15.8 Å². The van der Waals surface area contributed by atoms with Gasteiger partial charge in [-0.3, -0.25) is 19.7 Å². The normalized spacial score (nSPS) is 12.2. The zero-order valence-electron chi connectivity index (χ0n) is 26.0. The lowest BCUT2D eigenvalue weighted by Gasteiger charge is -2.06. The lowest BCUT2D eigenvalue weighted by Crippen LogP contribution is -2.32. The molecule has 15 heteroatoms. The smallest absolute Gasteiger partial charge is 0.320 e.